The third kappa shape index (κ3) is 5.18. The SMILES string of the molecule is c1ccc(-c2ccc(-c3c4ccccc4c(-c4ccc(-c5ccc6c(c5)C(c5ccccc5)(c5cccnc5)c5ccccc5-6)nc4)c4ccccc34)cc2)cc1. The highest BCUT2D eigenvalue weighted by molar-refractivity contribution is 6.21. The van der Waals surface area contributed by atoms with Gasteiger partial charge in [0.15, 0.2) is 0 Å². The minimum absolute atomic E-state index is 0.515. The number of aromatic nitrogens is 2. The zero-order valence-corrected chi connectivity index (χ0v) is 31.2. The van der Waals surface area contributed by atoms with Gasteiger partial charge in [0.05, 0.1) is 11.1 Å². The second kappa shape index (κ2) is 13.4. The minimum atomic E-state index is -0.515. The van der Waals surface area contributed by atoms with Crippen LogP contribution >= 0.6 is 0 Å². The summed E-state index contributed by atoms with van der Waals surface area (Å²) in [5, 5.41) is 4.89. The Balaban J connectivity index is 1.05. The van der Waals surface area contributed by atoms with Crippen molar-refractivity contribution < 1.29 is 0 Å². The third-order valence-electron chi connectivity index (χ3n) is 11.9. The van der Waals surface area contributed by atoms with Crippen molar-refractivity contribution in [3.05, 3.63) is 241 Å². The fraction of sp³-hybridized carbons (Fsp3) is 0.0182. The molecule has 1 atom stereocenters. The van der Waals surface area contributed by atoms with E-state index in [9.17, 15) is 0 Å². The molecule has 2 heteroatoms. The van der Waals surface area contributed by atoms with Gasteiger partial charge < -0.3 is 0 Å². The van der Waals surface area contributed by atoms with Crippen LogP contribution in [0, 0.1) is 0 Å². The molecule has 2 aromatic heterocycles. The van der Waals surface area contributed by atoms with Crippen molar-refractivity contribution in [1.29, 1.82) is 0 Å². The van der Waals surface area contributed by atoms with Crippen LogP contribution in [0.3, 0.4) is 0 Å². The van der Waals surface area contributed by atoms with E-state index in [2.05, 4.69) is 205 Å². The Morgan fingerprint density at radius 2 is 0.860 bits per heavy atom. The van der Waals surface area contributed by atoms with Gasteiger partial charge in [0.1, 0.15) is 0 Å². The number of nitrogens with zero attached hydrogens (tertiary/aromatic N) is 2. The lowest BCUT2D eigenvalue weighted by Crippen LogP contribution is -2.28. The van der Waals surface area contributed by atoms with Crippen LogP contribution in [0.1, 0.15) is 22.3 Å². The fourth-order valence-corrected chi connectivity index (χ4v) is 9.42. The Bertz CT molecular complexity index is 2980. The van der Waals surface area contributed by atoms with E-state index in [1.165, 1.54) is 77.2 Å². The zero-order chi connectivity index (χ0) is 37.8. The van der Waals surface area contributed by atoms with Crippen molar-refractivity contribution in [3.8, 4) is 55.8 Å². The van der Waals surface area contributed by atoms with Gasteiger partial charge in [-0.3, -0.25) is 9.97 Å². The smallest absolute Gasteiger partial charge is 0.0728 e. The molecule has 0 N–H and O–H groups in total. The van der Waals surface area contributed by atoms with Crippen molar-refractivity contribution in [1.82, 2.24) is 9.97 Å². The van der Waals surface area contributed by atoms with E-state index in [1.54, 1.807) is 0 Å². The van der Waals surface area contributed by atoms with Gasteiger partial charge in [-0.05, 0) is 101 Å². The largest absolute Gasteiger partial charge is 0.264 e. The molecule has 266 valence electrons. The lowest BCUT2D eigenvalue weighted by Gasteiger charge is -2.33. The van der Waals surface area contributed by atoms with Gasteiger partial charge in [-0.15, -0.1) is 0 Å². The molecule has 0 spiro atoms. The van der Waals surface area contributed by atoms with Gasteiger partial charge in [0.25, 0.3) is 0 Å². The van der Waals surface area contributed by atoms with Crippen LogP contribution in [0.25, 0.3) is 77.3 Å². The van der Waals surface area contributed by atoms with Crippen LogP contribution in [0.4, 0.5) is 0 Å². The summed E-state index contributed by atoms with van der Waals surface area (Å²) in [4.78, 5) is 9.85. The number of hydrogen-bond donors (Lipinski definition) is 0. The highest BCUT2D eigenvalue weighted by Gasteiger charge is 2.46. The monoisotopic (exact) mass is 724 g/mol. The molecule has 57 heavy (non-hydrogen) atoms. The number of benzene rings is 8. The molecule has 1 aliphatic carbocycles. The maximum absolute atomic E-state index is 5.21. The van der Waals surface area contributed by atoms with Gasteiger partial charge in [0.2, 0.25) is 0 Å². The molecule has 0 bridgehead atoms. The van der Waals surface area contributed by atoms with Crippen LogP contribution in [-0.2, 0) is 5.41 Å². The Hall–Kier alpha value is -7.42. The van der Waals surface area contributed by atoms with Gasteiger partial charge in [-0.1, -0.05) is 182 Å². The second-order valence-electron chi connectivity index (χ2n) is 14.9. The summed E-state index contributed by atoms with van der Waals surface area (Å²) in [7, 11) is 0. The van der Waals surface area contributed by atoms with E-state index >= 15 is 0 Å². The molecule has 0 saturated carbocycles. The Kier molecular flexibility index (Phi) is 7.75. The van der Waals surface area contributed by atoms with Gasteiger partial charge in [0, 0.05) is 29.7 Å². The second-order valence-corrected chi connectivity index (χ2v) is 14.9. The van der Waals surface area contributed by atoms with Crippen LogP contribution in [-0.4, -0.2) is 9.97 Å². The first-order valence-electron chi connectivity index (χ1n) is 19.6. The van der Waals surface area contributed by atoms with E-state index in [0.29, 0.717) is 0 Å². The van der Waals surface area contributed by atoms with Gasteiger partial charge >= 0.3 is 0 Å². The molecule has 10 aromatic rings. The number of fused-ring (bicyclic) bond motifs is 5. The summed E-state index contributed by atoms with van der Waals surface area (Å²) in [6.07, 6.45) is 5.94. The third-order valence-corrected chi connectivity index (χ3v) is 11.9. The molecule has 2 heterocycles. The summed E-state index contributed by atoms with van der Waals surface area (Å²) in [6, 6.07) is 72.5. The Labute approximate surface area is 332 Å². The first-order valence-corrected chi connectivity index (χ1v) is 19.6. The van der Waals surface area contributed by atoms with Gasteiger partial charge in [-0.25, -0.2) is 0 Å². The summed E-state index contributed by atoms with van der Waals surface area (Å²) in [5.74, 6) is 0. The molecular formula is C55H36N2. The van der Waals surface area contributed by atoms with Crippen LogP contribution in [0.15, 0.2) is 219 Å². The number of rotatable bonds is 6. The van der Waals surface area contributed by atoms with Crippen molar-refractivity contribution in [2.75, 3.05) is 0 Å². The van der Waals surface area contributed by atoms with E-state index < -0.39 is 5.41 Å². The zero-order valence-electron chi connectivity index (χ0n) is 31.2. The molecule has 0 radical (unpaired) electrons. The summed E-state index contributed by atoms with van der Waals surface area (Å²) < 4.78 is 0. The lowest BCUT2D eigenvalue weighted by molar-refractivity contribution is 0.763. The molecule has 11 rings (SSSR count). The standard InChI is InChI=1S/C55H36N2/c1-3-14-37(15-4-1)38-25-27-39(28-26-38)53-46-20-7-9-22-48(46)54(49-23-10-8-21-47(49)53)41-30-32-52(57-35-41)40-29-31-45-44-19-11-12-24-50(44)55(51(45)34-40,42-16-5-2-6-17-42)43-18-13-33-56-36-43/h1-36H. The van der Waals surface area contributed by atoms with Gasteiger partial charge in [-0.2, -0.15) is 0 Å². The first kappa shape index (κ1) is 33.0. The number of hydrogen-bond acceptors (Lipinski definition) is 2. The molecule has 1 aliphatic rings. The van der Waals surface area contributed by atoms with Crippen LogP contribution in [0.5, 0.6) is 0 Å². The topological polar surface area (TPSA) is 25.8 Å². The average molecular weight is 725 g/mol. The summed E-state index contributed by atoms with van der Waals surface area (Å²) >= 11 is 0. The number of pyridine rings is 2. The maximum Gasteiger partial charge on any atom is 0.0728 e. The summed E-state index contributed by atoms with van der Waals surface area (Å²) in [5.41, 5.74) is 16.1. The highest BCUT2D eigenvalue weighted by Crippen LogP contribution is 2.56. The average Bonchev–Trinajstić information content (AvgIpc) is 3.59. The van der Waals surface area contributed by atoms with Crippen LogP contribution < -0.4 is 0 Å². The predicted octanol–water partition coefficient (Wildman–Crippen LogP) is 13.8. The predicted molar refractivity (Wildman–Crippen MR) is 236 cm³/mol. The lowest BCUT2D eigenvalue weighted by atomic mass is 9.68. The maximum atomic E-state index is 5.21. The van der Waals surface area contributed by atoms with Crippen molar-refractivity contribution in [2.24, 2.45) is 0 Å². The molecule has 0 amide bonds. The Morgan fingerprint density at radius 3 is 1.51 bits per heavy atom. The van der Waals surface area contributed by atoms with Crippen molar-refractivity contribution >= 4 is 21.5 Å². The molecule has 0 fully saturated rings. The molecule has 0 saturated heterocycles. The first-order chi connectivity index (χ1) is 28.3. The van der Waals surface area contributed by atoms with E-state index in [4.69, 9.17) is 4.98 Å². The molecular weight excluding hydrogens is 689 g/mol. The molecule has 2 nitrogen and oxygen atoms in total. The van der Waals surface area contributed by atoms with E-state index in [-0.39, 0.29) is 0 Å². The quantitative estimate of drug-likeness (QED) is 0.160. The minimum Gasteiger partial charge on any atom is -0.264 e. The van der Waals surface area contributed by atoms with E-state index in [1.807, 2.05) is 18.5 Å². The Morgan fingerprint density at radius 1 is 0.333 bits per heavy atom. The fourth-order valence-electron chi connectivity index (χ4n) is 9.42. The normalized spacial score (nSPS) is 14.4. The molecule has 1 unspecified atom stereocenters. The summed E-state index contributed by atoms with van der Waals surface area (Å²) in [6.45, 7) is 0. The highest BCUT2D eigenvalue weighted by atomic mass is 14.7. The van der Waals surface area contributed by atoms with Crippen molar-refractivity contribution in [2.45, 2.75) is 5.41 Å². The molecule has 8 aromatic carbocycles. The van der Waals surface area contributed by atoms with Crippen molar-refractivity contribution in [3.63, 3.8) is 0 Å². The van der Waals surface area contributed by atoms with E-state index in [0.717, 1.165) is 22.4 Å². The van der Waals surface area contributed by atoms with Crippen LogP contribution in [0.2, 0.25) is 0 Å². The molecule has 0 aliphatic heterocycles.